The first-order chi connectivity index (χ1) is 8.56. The van der Waals surface area contributed by atoms with Crippen LogP contribution in [0.5, 0.6) is 0 Å². The maximum absolute atomic E-state index is 8.71. The van der Waals surface area contributed by atoms with Gasteiger partial charge in [-0.15, -0.1) is 0 Å². The smallest absolute Gasteiger partial charge is 0.0433 e. The van der Waals surface area contributed by atoms with Gasteiger partial charge in [0.25, 0.3) is 0 Å². The molecule has 0 aliphatic heterocycles. The van der Waals surface area contributed by atoms with E-state index in [9.17, 15) is 0 Å². The van der Waals surface area contributed by atoms with Crippen LogP contribution in [-0.4, -0.2) is 11.7 Å². The molecule has 0 atom stereocenters. The zero-order chi connectivity index (χ0) is 13.8. The highest BCUT2D eigenvalue weighted by molar-refractivity contribution is 5.05. The van der Waals surface area contributed by atoms with Crippen molar-refractivity contribution in [2.75, 3.05) is 6.61 Å². The van der Waals surface area contributed by atoms with Gasteiger partial charge in [-0.05, 0) is 66.2 Å². The second-order valence-corrected chi connectivity index (χ2v) is 5.33. The summed E-state index contributed by atoms with van der Waals surface area (Å²) in [6.45, 7) is 9.01. The average Bonchev–Trinajstić information content (AvgIpc) is 2.29. The first-order valence-electron chi connectivity index (χ1n) is 7.11. The van der Waals surface area contributed by atoms with Gasteiger partial charge in [0, 0.05) is 6.61 Å². The lowest BCUT2D eigenvalue weighted by Gasteiger charge is -2.01. The molecule has 0 bridgehead atoms. The Balaban J connectivity index is 3.79. The topological polar surface area (TPSA) is 20.2 Å². The molecule has 1 N–H and O–H groups in total. The van der Waals surface area contributed by atoms with Crippen LogP contribution in [0.4, 0.5) is 0 Å². The van der Waals surface area contributed by atoms with E-state index in [0.717, 1.165) is 32.1 Å². The van der Waals surface area contributed by atoms with E-state index >= 15 is 0 Å². The predicted octanol–water partition coefficient (Wildman–Crippen LogP) is 5.18. The van der Waals surface area contributed by atoms with E-state index in [2.05, 4.69) is 45.9 Å². The minimum Gasteiger partial charge on any atom is -0.396 e. The third-order valence-electron chi connectivity index (χ3n) is 2.98. The summed E-state index contributed by atoms with van der Waals surface area (Å²) in [6.07, 6.45) is 13.4. The fraction of sp³-hybridized carbons (Fsp3) is 0.647. The van der Waals surface area contributed by atoms with Crippen LogP contribution in [-0.2, 0) is 0 Å². The maximum atomic E-state index is 8.71. The Morgan fingerprint density at radius 1 is 0.778 bits per heavy atom. The average molecular weight is 250 g/mol. The third kappa shape index (κ3) is 11.7. The normalized spacial score (nSPS) is 12.7. The molecule has 0 amide bonds. The zero-order valence-electron chi connectivity index (χ0n) is 12.6. The van der Waals surface area contributed by atoms with Gasteiger partial charge in [0.05, 0.1) is 0 Å². The Labute approximate surface area is 113 Å². The number of unbranched alkanes of at least 4 members (excludes halogenated alkanes) is 1. The Bertz CT molecular complexity index is 291. The summed E-state index contributed by atoms with van der Waals surface area (Å²) in [6, 6.07) is 0. The first kappa shape index (κ1) is 17.2. The van der Waals surface area contributed by atoms with Crippen molar-refractivity contribution in [1.82, 2.24) is 0 Å². The molecule has 104 valence electrons. The molecule has 18 heavy (non-hydrogen) atoms. The van der Waals surface area contributed by atoms with E-state index in [4.69, 9.17) is 5.11 Å². The number of hydrogen-bond donors (Lipinski definition) is 1. The molecule has 0 heterocycles. The van der Waals surface area contributed by atoms with Crippen molar-refractivity contribution >= 4 is 0 Å². The van der Waals surface area contributed by atoms with Crippen LogP contribution in [0.3, 0.4) is 0 Å². The van der Waals surface area contributed by atoms with E-state index in [-0.39, 0.29) is 0 Å². The van der Waals surface area contributed by atoms with Crippen LogP contribution in [0, 0.1) is 0 Å². The molecule has 0 aromatic heterocycles. The quantitative estimate of drug-likeness (QED) is 0.441. The van der Waals surface area contributed by atoms with Gasteiger partial charge < -0.3 is 5.11 Å². The van der Waals surface area contributed by atoms with Gasteiger partial charge in [-0.25, -0.2) is 0 Å². The van der Waals surface area contributed by atoms with E-state index in [1.807, 2.05) is 0 Å². The van der Waals surface area contributed by atoms with Gasteiger partial charge in [0.15, 0.2) is 0 Å². The summed E-state index contributed by atoms with van der Waals surface area (Å²) < 4.78 is 0. The van der Waals surface area contributed by atoms with Crippen molar-refractivity contribution in [3.63, 3.8) is 0 Å². The van der Waals surface area contributed by atoms with Crippen molar-refractivity contribution in [3.05, 3.63) is 34.9 Å². The van der Waals surface area contributed by atoms with Crippen molar-refractivity contribution in [3.8, 4) is 0 Å². The van der Waals surface area contributed by atoms with Crippen LogP contribution < -0.4 is 0 Å². The van der Waals surface area contributed by atoms with Gasteiger partial charge in [0.1, 0.15) is 0 Å². The largest absolute Gasteiger partial charge is 0.396 e. The maximum Gasteiger partial charge on any atom is 0.0433 e. The first-order valence-corrected chi connectivity index (χ1v) is 7.11. The Morgan fingerprint density at radius 3 is 1.78 bits per heavy atom. The molecule has 0 spiro atoms. The molecule has 0 aromatic carbocycles. The molecule has 0 aliphatic rings. The summed E-state index contributed by atoms with van der Waals surface area (Å²) in [5, 5.41) is 8.71. The van der Waals surface area contributed by atoms with Crippen LogP contribution in [0.1, 0.15) is 66.2 Å². The van der Waals surface area contributed by atoms with Gasteiger partial charge in [-0.3, -0.25) is 0 Å². The highest BCUT2D eigenvalue weighted by atomic mass is 16.2. The van der Waals surface area contributed by atoms with Gasteiger partial charge in [-0.1, -0.05) is 34.9 Å². The molecular weight excluding hydrogens is 220 g/mol. The van der Waals surface area contributed by atoms with Crippen LogP contribution >= 0.6 is 0 Å². The minimum absolute atomic E-state index is 0.299. The number of rotatable bonds is 9. The number of aliphatic hydroxyl groups excluding tert-OH is 1. The van der Waals surface area contributed by atoms with E-state index in [0.29, 0.717) is 6.61 Å². The second kappa shape index (κ2) is 11.3. The standard InChI is InChI=1S/C17H30O/c1-15(2)9-7-11-17(4)13-8-12-16(3)10-5-6-14-18/h9-10,13,18H,5-8,11-12,14H2,1-4H3/b16-10-,17-13+. The summed E-state index contributed by atoms with van der Waals surface area (Å²) in [4.78, 5) is 0. The van der Waals surface area contributed by atoms with Crippen molar-refractivity contribution in [2.24, 2.45) is 0 Å². The van der Waals surface area contributed by atoms with Crippen molar-refractivity contribution in [1.29, 1.82) is 0 Å². The molecule has 0 aromatic rings. The van der Waals surface area contributed by atoms with Gasteiger partial charge in [-0.2, -0.15) is 0 Å². The van der Waals surface area contributed by atoms with Crippen LogP contribution in [0.15, 0.2) is 34.9 Å². The monoisotopic (exact) mass is 250 g/mol. The number of aliphatic hydroxyl groups is 1. The SMILES string of the molecule is CC(C)=CCC/C(C)=C/CC/C(C)=C\CCCO. The second-order valence-electron chi connectivity index (χ2n) is 5.33. The summed E-state index contributed by atoms with van der Waals surface area (Å²) in [5.74, 6) is 0. The van der Waals surface area contributed by atoms with Crippen LogP contribution in [0.2, 0.25) is 0 Å². The molecule has 0 unspecified atom stereocenters. The summed E-state index contributed by atoms with van der Waals surface area (Å²) in [5.41, 5.74) is 4.35. The number of hydrogen-bond acceptors (Lipinski definition) is 1. The molecular formula is C17H30O. The fourth-order valence-corrected chi connectivity index (χ4v) is 1.78. The predicted molar refractivity (Wildman–Crippen MR) is 81.7 cm³/mol. The number of allylic oxidation sites excluding steroid dienone is 6. The summed E-state index contributed by atoms with van der Waals surface area (Å²) in [7, 11) is 0. The lowest BCUT2D eigenvalue weighted by atomic mass is 10.1. The highest BCUT2D eigenvalue weighted by Crippen LogP contribution is 2.11. The summed E-state index contributed by atoms with van der Waals surface area (Å²) >= 11 is 0. The van der Waals surface area contributed by atoms with Crippen molar-refractivity contribution < 1.29 is 5.11 Å². The third-order valence-corrected chi connectivity index (χ3v) is 2.98. The Kier molecular flexibility index (Phi) is 10.8. The fourth-order valence-electron chi connectivity index (χ4n) is 1.78. The molecule has 0 saturated carbocycles. The van der Waals surface area contributed by atoms with Gasteiger partial charge in [0.2, 0.25) is 0 Å². The highest BCUT2D eigenvalue weighted by Gasteiger charge is 1.92. The van der Waals surface area contributed by atoms with E-state index in [1.165, 1.54) is 23.1 Å². The van der Waals surface area contributed by atoms with Gasteiger partial charge >= 0.3 is 0 Å². The van der Waals surface area contributed by atoms with Crippen molar-refractivity contribution in [2.45, 2.75) is 66.2 Å². The lowest BCUT2D eigenvalue weighted by Crippen LogP contribution is -1.83. The minimum atomic E-state index is 0.299. The van der Waals surface area contributed by atoms with Crippen LogP contribution in [0.25, 0.3) is 0 Å². The van der Waals surface area contributed by atoms with E-state index < -0.39 is 0 Å². The molecule has 1 nitrogen and oxygen atoms in total. The molecule has 1 heteroatoms. The molecule has 0 saturated heterocycles. The molecule has 0 rings (SSSR count). The van der Waals surface area contributed by atoms with E-state index in [1.54, 1.807) is 0 Å². The lowest BCUT2D eigenvalue weighted by molar-refractivity contribution is 0.289. The molecule has 0 aliphatic carbocycles. The molecule has 0 radical (unpaired) electrons. The Morgan fingerprint density at radius 2 is 1.28 bits per heavy atom. The Hall–Kier alpha value is -0.820. The molecule has 0 fully saturated rings. The zero-order valence-corrected chi connectivity index (χ0v) is 12.6.